The molecule has 172 valence electrons. The van der Waals surface area contributed by atoms with E-state index in [0.29, 0.717) is 16.7 Å². The van der Waals surface area contributed by atoms with Gasteiger partial charge in [0.1, 0.15) is 17.7 Å². The number of pyridine rings is 1. The van der Waals surface area contributed by atoms with E-state index in [1.807, 2.05) is 5.32 Å². The number of rotatable bonds is 6. The van der Waals surface area contributed by atoms with E-state index in [1.165, 1.54) is 0 Å². The summed E-state index contributed by atoms with van der Waals surface area (Å²) in [7, 11) is 0. The number of amides is 2. The molecule has 2 rings (SSSR count). The molecule has 1 aromatic carbocycles. The topological polar surface area (TPSA) is 158 Å². The van der Waals surface area contributed by atoms with Crippen molar-refractivity contribution >= 4 is 17.8 Å². The molecule has 5 N–H and O–H groups in total. The van der Waals surface area contributed by atoms with Gasteiger partial charge in [-0.1, -0.05) is 0 Å². The number of carboxylic acid groups (broad SMARTS) is 1. The molecular weight excluding hydrogens is 439 g/mol. The molecule has 2 amide bonds. The normalized spacial score (nSPS) is 11.3. The van der Waals surface area contributed by atoms with Gasteiger partial charge >= 0.3 is 12.1 Å². The fourth-order valence-corrected chi connectivity index (χ4v) is 2.68. The highest BCUT2D eigenvalue weighted by Crippen LogP contribution is 2.32. The first-order valence-corrected chi connectivity index (χ1v) is 8.95. The zero-order valence-electron chi connectivity index (χ0n) is 16.6. The molecule has 0 bridgehead atoms. The lowest BCUT2D eigenvalue weighted by atomic mass is 10.1. The number of hydrogen-bond acceptors (Lipinski definition) is 6. The Hall–Kier alpha value is -4.03. The fraction of sp³-hybridized carbons (Fsp3) is 0.263. The Morgan fingerprint density at radius 2 is 1.59 bits per heavy atom. The van der Waals surface area contributed by atoms with E-state index in [4.69, 9.17) is 5.11 Å². The van der Waals surface area contributed by atoms with Crippen LogP contribution in [-0.2, 0) is 11.0 Å². The van der Waals surface area contributed by atoms with Gasteiger partial charge in [-0.3, -0.25) is 19.2 Å². The summed E-state index contributed by atoms with van der Waals surface area (Å²) in [5.41, 5.74) is -4.81. The number of aliphatic carboxylic acids is 1. The standard InChI is InChI=1S/C19H18F3N3O7/c1-8(2)24-16(30)13-14(28)12(15(29)23-7-11(26)27)17(31)25(18(13)32)10-5-3-9(4-6-10)19(20,21)22/h3-6,8,28,32H,7H2,1-2H3,(H,23,29)(H,24,30)(H,26,27). The molecule has 0 fully saturated rings. The summed E-state index contributed by atoms with van der Waals surface area (Å²) in [6.07, 6.45) is -4.69. The Labute approximate surface area is 177 Å². The molecule has 10 nitrogen and oxygen atoms in total. The van der Waals surface area contributed by atoms with Crippen molar-refractivity contribution in [3.05, 3.63) is 51.3 Å². The Bertz CT molecular complexity index is 1120. The molecule has 0 spiro atoms. The van der Waals surface area contributed by atoms with Crippen LogP contribution in [0.5, 0.6) is 11.6 Å². The average Bonchev–Trinajstić information content (AvgIpc) is 2.65. The number of carboxylic acids is 1. The summed E-state index contributed by atoms with van der Waals surface area (Å²) in [5, 5.41) is 33.8. The quantitative estimate of drug-likeness (QED) is 0.436. The highest BCUT2D eigenvalue weighted by molar-refractivity contribution is 6.05. The SMILES string of the molecule is CC(C)NC(=O)c1c(O)c(C(=O)NCC(=O)O)c(=O)n(-c2ccc(C(F)(F)F)cc2)c1O. The number of halogens is 3. The maximum Gasteiger partial charge on any atom is 0.416 e. The fourth-order valence-electron chi connectivity index (χ4n) is 2.68. The average molecular weight is 457 g/mol. The molecule has 2 aromatic rings. The predicted molar refractivity (Wildman–Crippen MR) is 103 cm³/mol. The molecule has 0 unspecified atom stereocenters. The van der Waals surface area contributed by atoms with Crippen molar-refractivity contribution < 1.29 is 42.9 Å². The van der Waals surface area contributed by atoms with Crippen LogP contribution in [0.3, 0.4) is 0 Å². The lowest BCUT2D eigenvalue weighted by molar-refractivity contribution is -0.138. The van der Waals surface area contributed by atoms with Crippen LogP contribution in [0.1, 0.15) is 40.1 Å². The zero-order valence-corrected chi connectivity index (χ0v) is 16.6. The van der Waals surface area contributed by atoms with Crippen LogP contribution in [0, 0.1) is 0 Å². The molecule has 0 saturated heterocycles. The number of carbonyl (C=O) groups excluding carboxylic acids is 2. The van der Waals surface area contributed by atoms with Crippen LogP contribution in [0.2, 0.25) is 0 Å². The summed E-state index contributed by atoms with van der Waals surface area (Å²) in [4.78, 5) is 48.4. The minimum Gasteiger partial charge on any atom is -0.506 e. The van der Waals surface area contributed by atoms with E-state index in [0.717, 1.165) is 12.1 Å². The van der Waals surface area contributed by atoms with Gasteiger partial charge in [0.25, 0.3) is 17.4 Å². The summed E-state index contributed by atoms with van der Waals surface area (Å²) < 4.78 is 38.9. The van der Waals surface area contributed by atoms with Gasteiger partial charge in [0.2, 0.25) is 5.88 Å². The van der Waals surface area contributed by atoms with Crippen molar-refractivity contribution in [2.45, 2.75) is 26.1 Å². The molecule has 0 saturated carbocycles. The number of carbonyl (C=O) groups is 3. The van der Waals surface area contributed by atoms with E-state index in [2.05, 4.69) is 5.32 Å². The third-order valence-corrected chi connectivity index (χ3v) is 4.05. The molecule has 0 aliphatic heterocycles. The monoisotopic (exact) mass is 457 g/mol. The van der Waals surface area contributed by atoms with Crippen molar-refractivity contribution in [3.63, 3.8) is 0 Å². The zero-order chi connectivity index (χ0) is 24.4. The van der Waals surface area contributed by atoms with Crippen molar-refractivity contribution in [1.29, 1.82) is 0 Å². The maximum atomic E-state index is 12.9. The molecule has 1 aromatic heterocycles. The van der Waals surface area contributed by atoms with E-state index in [9.17, 15) is 42.6 Å². The van der Waals surface area contributed by atoms with E-state index in [1.54, 1.807) is 13.8 Å². The number of hydrogen-bond donors (Lipinski definition) is 5. The van der Waals surface area contributed by atoms with E-state index >= 15 is 0 Å². The summed E-state index contributed by atoms with van der Waals surface area (Å²) in [5.74, 6) is -6.31. The Balaban J connectivity index is 2.79. The molecule has 0 radical (unpaired) electrons. The predicted octanol–water partition coefficient (Wildman–Crippen LogP) is 1.22. The van der Waals surface area contributed by atoms with Gasteiger partial charge in [0, 0.05) is 6.04 Å². The van der Waals surface area contributed by atoms with Gasteiger partial charge in [-0.15, -0.1) is 0 Å². The van der Waals surface area contributed by atoms with Crippen molar-refractivity contribution in [1.82, 2.24) is 15.2 Å². The van der Waals surface area contributed by atoms with Gasteiger partial charge in [-0.25, -0.2) is 4.57 Å². The van der Waals surface area contributed by atoms with Crippen LogP contribution >= 0.6 is 0 Å². The molecule has 0 aliphatic rings. The van der Waals surface area contributed by atoms with Crippen LogP contribution in [-0.4, -0.2) is 50.3 Å². The van der Waals surface area contributed by atoms with Gasteiger partial charge in [-0.2, -0.15) is 13.2 Å². The first kappa shape index (κ1) is 24.2. The third kappa shape index (κ3) is 4.99. The lowest BCUT2D eigenvalue weighted by Gasteiger charge is -2.18. The molecular formula is C19H18F3N3O7. The Kier molecular flexibility index (Phi) is 6.81. The summed E-state index contributed by atoms with van der Waals surface area (Å²) >= 11 is 0. The lowest BCUT2D eigenvalue weighted by Crippen LogP contribution is -2.37. The second-order valence-corrected chi connectivity index (χ2v) is 6.81. The molecule has 32 heavy (non-hydrogen) atoms. The number of aromatic nitrogens is 1. The molecule has 0 aliphatic carbocycles. The molecule has 0 atom stereocenters. The van der Waals surface area contributed by atoms with Gasteiger partial charge in [-0.05, 0) is 38.1 Å². The Morgan fingerprint density at radius 3 is 2.06 bits per heavy atom. The smallest absolute Gasteiger partial charge is 0.416 e. The van der Waals surface area contributed by atoms with Crippen LogP contribution in [0.25, 0.3) is 5.69 Å². The number of alkyl halides is 3. The molecule has 13 heteroatoms. The largest absolute Gasteiger partial charge is 0.506 e. The van der Waals surface area contributed by atoms with Gasteiger partial charge in [0.15, 0.2) is 5.75 Å². The number of benzene rings is 1. The molecule has 1 heterocycles. The number of nitrogens with one attached hydrogen (secondary N) is 2. The van der Waals surface area contributed by atoms with Gasteiger partial charge in [0.05, 0.1) is 11.3 Å². The number of aromatic hydroxyl groups is 2. The minimum absolute atomic E-state index is 0.352. The van der Waals surface area contributed by atoms with Crippen molar-refractivity contribution in [3.8, 4) is 17.3 Å². The third-order valence-electron chi connectivity index (χ3n) is 4.05. The van der Waals surface area contributed by atoms with Crippen molar-refractivity contribution in [2.24, 2.45) is 0 Å². The van der Waals surface area contributed by atoms with Crippen LogP contribution in [0.15, 0.2) is 29.1 Å². The van der Waals surface area contributed by atoms with E-state index < -0.39 is 70.4 Å². The Morgan fingerprint density at radius 1 is 1.03 bits per heavy atom. The second-order valence-electron chi connectivity index (χ2n) is 6.81. The highest BCUT2D eigenvalue weighted by Gasteiger charge is 2.32. The summed E-state index contributed by atoms with van der Waals surface area (Å²) in [6, 6.07) is 2.32. The van der Waals surface area contributed by atoms with Crippen LogP contribution in [0.4, 0.5) is 13.2 Å². The maximum absolute atomic E-state index is 12.9. The minimum atomic E-state index is -4.69. The summed E-state index contributed by atoms with van der Waals surface area (Å²) in [6.45, 7) is 2.14. The second kappa shape index (κ2) is 8.99. The van der Waals surface area contributed by atoms with Gasteiger partial charge < -0.3 is 26.0 Å². The van der Waals surface area contributed by atoms with Crippen molar-refractivity contribution in [2.75, 3.05) is 6.54 Å². The first-order valence-electron chi connectivity index (χ1n) is 8.95. The van der Waals surface area contributed by atoms with Crippen LogP contribution < -0.4 is 16.2 Å². The number of nitrogens with zero attached hydrogens (tertiary/aromatic N) is 1. The first-order chi connectivity index (χ1) is 14.8. The van der Waals surface area contributed by atoms with E-state index in [-0.39, 0.29) is 5.69 Å². The highest BCUT2D eigenvalue weighted by atomic mass is 19.4.